The third kappa shape index (κ3) is 5.16. The van der Waals surface area contributed by atoms with E-state index in [1.165, 1.54) is 0 Å². The van der Waals surface area contributed by atoms with Crippen molar-refractivity contribution >= 4 is 43.1 Å². The molecule has 5 rings (SSSR count). The van der Waals surface area contributed by atoms with E-state index in [1.807, 2.05) is 52.0 Å². The lowest BCUT2D eigenvalue weighted by molar-refractivity contribution is 0.401. The van der Waals surface area contributed by atoms with E-state index in [9.17, 15) is 25.9 Å². The molecule has 226 valence electrons. The van der Waals surface area contributed by atoms with Crippen LogP contribution in [0.15, 0.2) is 36.4 Å². The van der Waals surface area contributed by atoms with Gasteiger partial charge in [0.15, 0.2) is 5.54 Å². The fourth-order valence-electron chi connectivity index (χ4n) is 7.38. The van der Waals surface area contributed by atoms with E-state index < -0.39 is 48.2 Å². The van der Waals surface area contributed by atoms with Crippen molar-refractivity contribution in [3.63, 3.8) is 0 Å². The van der Waals surface area contributed by atoms with Crippen molar-refractivity contribution in [1.29, 1.82) is 0 Å². The van der Waals surface area contributed by atoms with Crippen LogP contribution >= 0.6 is 0 Å². The fraction of sp³-hybridized carbons (Fsp3) is 0.469. The van der Waals surface area contributed by atoms with Crippen LogP contribution in [-0.2, 0) is 25.7 Å². The molecule has 0 saturated heterocycles. The van der Waals surface area contributed by atoms with Gasteiger partial charge in [-0.1, -0.05) is 19.9 Å². The molecule has 2 aromatic carbocycles. The molecule has 0 amide bonds. The van der Waals surface area contributed by atoms with Crippen molar-refractivity contribution in [2.24, 2.45) is 0 Å². The maximum atomic E-state index is 12.0. The van der Waals surface area contributed by atoms with Crippen LogP contribution in [0.5, 0.6) is 0 Å². The van der Waals surface area contributed by atoms with Crippen LogP contribution in [0.2, 0.25) is 0 Å². The van der Waals surface area contributed by atoms with Gasteiger partial charge >= 0.3 is 0 Å². The first-order chi connectivity index (χ1) is 19.2. The fourth-order valence-corrected chi connectivity index (χ4v) is 8.64. The van der Waals surface area contributed by atoms with Crippen molar-refractivity contribution in [2.45, 2.75) is 71.9 Å². The molecule has 10 heteroatoms. The molecule has 0 bridgehead atoms. The van der Waals surface area contributed by atoms with Gasteiger partial charge in [-0.2, -0.15) is 16.8 Å². The molecular weight excluding hydrogens is 572 g/mol. The SMILES string of the molecule is CCN1c2cc3c(cc2C(CS(=O)(=O)O)=CC1(C)C)C=c1cc2c(cc1C3(C)C)=[N+](CC)C(C)(C)C=C2CS(=O)(=O)O. The lowest BCUT2D eigenvalue weighted by Crippen LogP contribution is -2.50. The third-order valence-corrected chi connectivity index (χ3v) is 10.4. The molecule has 0 radical (unpaired) electrons. The molecule has 0 unspecified atom stereocenters. The molecule has 3 aliphatic rings. The summed E-state index contributed by atoms with van der Waals surface area (Å²) in [7, 11) is -8.52. The minimum Gasteiger partial charge on any atom is -0.363 e. The van der Waals surface area contributed by atoms with E-state index in [1.54, 1.807) is 0 Å². The minimum atomic E-state index is -4.26. The molecule has 2 aliphatic heterocycles. The highest BCUT2D eigenvalue weighted by Crippen LogP contribution is 2.45. The molecule has 2 aromatic rings. The van der Waals surface area contributed by atoms with Gasteiger partial charge in [0, 0.05) is 43.1 Å². The average molecular weight is 614 g/mol. The van der Waals surface area contributed by atoms with Crippen molar-refractivity contribution in [3.05, 3.63) is 74.8 Å². The van der Waals surface area contributed by atoms with Gasteiger partial charge in [0.25, 0.3) is 20.2 Å². The highest BCUT2D eigenvalue weighted by atomic mass is 32.2. The maximum Gasteiger partial charge on any atom is 0.269 e. The molecule has 2 N–H and O–H groups in total. The number of benzene rings is 2. The normalized spacial score (nSPS) is 20.0. The zero-order chi connectivity index (χ0) is 31.2. The lowest BCUT2D eigenvalue weighted by Gasteiger charge is -2.44. The van der Waals surface area contributed by atoms with Crippen molar-refractivity contribution < 1.29 is 25.9 Å². The van der Waals surface area contributed by atoms with E-state index in [0.29, 0.717) is 24.2 Å². The summed E-state index contributed by atoms with van der Waals surface area (Å²) in [5, 5.41) is 1.87. The van der Waals surface area contributed by atoms with Crippen molar-refractivity contribution in [2.75, 3.05) is 29.5 Å². The van der Waals surface area contributed by atoms with Crippen LogP contribution in [-0.4, -0.2) is 61.6 Å². The number of anilines is 1. The van der Waals surface area contributed by atoms with Gasteiger partial charge in [-0.05, 0) is 91.1 Å². The Bertz CT molecular complexity index is 1930. The smallest absolute Gasteiger partial charge is 0.269 e. The van der Waals surface area contributed by atoms with Gasteiger partial charge in [-0.15, -0.1) is 0 Å². The predicted molar refractivity (Wildman–Crippen MR) is 170 cm³/mol. The molecule has 42 heavy (non-hydrogen) atoms. The molecule has 0 spiro atoms. The number of nitrogens with zero attached hydrogens (tertiary/aromatic N) is 2. The molecule has 0 fully saturated rings. The van der Waals surface area contributed by atoms with E-state index in [2.05, 4.69) is 55.4 Å². The molecule has 0 atom stereocenters. The second-order valence-electron chi connectivity index (χ2n) is 13.3. The Kier molecular flexibility index (Phi) is 7.01. The first kappa shape index (κ1) is 30.7. The summed E-state index contributed by atoms with van der Waals surface area (Å²) < 4.78 is 69.9. The van der Waals surface area contributed by atoms with Crippen molar-refractivity contribution in [1.82, 2.24) is 4.58 Å². The van der Waals surface area contributed by atoms with Gasteiger partial charge < -0.3 is 4.90 Å². The predicted octanol–water partition coefficient (Wildman–Crippen LogP) is 3.62. The summed E-state index contributed by atoms with van der Waals surface area (Å²) in [4.78, 5) is 2.25. The van der Waals surface area contributed by atoms with Gasteiger partial charge in [0.2, 0.25) is 5.36 Å². The van der Waals surface area contributed by atoms with Crippen LogP contribution in [0.4, 0.5) is 5.69 Å². The summed E-state index contributed by atoms with van der Waals surface area (Å²) in [5.41, 5.74) is 5.37. The standard InChI is InChI=1S/C32H40N2O6S2/c1-9-33-28-14-26-20(12-24(28)22(16-30(33,3)4)18-41(35,36)37)11-21-13-25-23(19-42(38,39)40)17-31(5,6)34(10-2)29(25)15-27(21)32(26,7)8/h11-17H,9-10,18-19H2,1-8H3,(H-,35,36,37,38,39,40)/p+1. The van der Waals surface area contributed by atoms with E-state index >= 15 is 0 Å². The highest BCUT2D eigenvalue weighted by Gasteiger charge is 2.39. The van der Waals surface area contributed by atoms with Crippen LogP contribution < -0.4 is 20.1 Å². The molecule has 1 aliphatic carbocycles. The topological polar surface area (TPSA) is 115 Å². The first-order valence-corrected chi connectivity index (χ1v) is 17.5. The zero-order valence-electron chi connectivity index (χ0n) is 25.6. The minimum absolute atomic E-state index is 0.439. The number of likely N-dealkylation sites (N-methyl/N-ethyl adjacent to an activating group) is 2. The van der Waals surface area contributed by atoms with Crippen LogP contribution in [0, 0.1) is 0 Å². The Labute approximate surface area is 249 Å². The Morgan fingerprint density at radius 3 is 1.93 bits per heavy atom. The Hall–Kier alpha value is -2.79. The molecule has 0 aromatic heterocycles. The maximum absolute atomic E-state index is 12.0. The highest BCUT2D eigenvalue weighted by molar-refractivity contribution is 7.86. The quantitative estimate of drug-likeness (QED) is 0.378. The third-order valence-electron chi connectivity index (χ3n) is 9.02. The summed E-state index contributed by atoms with van der Waals surface area (Å²) in [6.45, 7) is 18.1. The van der Waals surface area contributed by atoms with Crippen molar-refractivity contribution in [3.8, 4) is 0 Å². The summed E-state index contributed by atoms with van der Waals surface area (Å²) in [6, 6.07) is 8.36. The largest absolute Gasteiger partial charge is 0.363 e. The number of rotatable bonds is 6. The lowest BCUT2D eigenvalue weighted by atomic mass is 9.70. The summed E-state index contributed by atoms with van der Waals surface area (Å²) >= 11 is 0. The second-order valence-corrected chi connectivity index (χ2v) is 16.2. The number of hydrogen-bond donors (Lipinski definition) is 2. The molecular formula is C32H41N2O6S2+. The first-order valence-electron chi connectivity index (χ1n) is 14.3. The summed E-state index contributed by atoms with van der Waals surface area (Å²) in [6.07, 6.45) is 5.91. The number of fused-ring (bicyclic) bond motifs is 4. The van der Waals surface area contributed by atoms with E-state index in [4.69, 9.17) is 0 Å². The molecule has 8 nitrogen and oxygen atoms in total. The Balaban J connectivity index is 1.83. The Morgan fingerprint density at radius 2 is 1.38 bits per heavy atom. The molecule has 2 heterocycles. The average Bonchev–Trinajstić information content (AvgIpc) is 2.80. The second kappa shape index (κ2) is 9.61. The van der Waals surface area contributed by atoms with Gasteiger partial charge in [-0.3, -0.25) is 9.11 Å². The van der Waals surface area contributed by atoms with Crippen LogP contribution in [0.1, 0.15) is 83.2 Å². The monoisotopic (exact) mass is 613 g/mol. The van der Waals surface area contributed by atoms with E-state index in [-0.39, 0.29) is 0 Å². The van der Waals surface area contributed by atoms with E-state index in [0.717, 1.165) is 44.1 Å². The van der Waals surface area contributed by atoms with Crippen LogP contribution in [0.3, 0.4) is 0 Å². The Morgan fingerprint density at radius 1 is 0.786 bits per heavy atom. The summed E-state index contributed by atoms with van der Waals surface area (Å²) in [5.74, 6) is -0.945. The van der Waals surface area contributed by atoms with Gasteiger partial charge in [0.05, 0.1) is 11.1 Å². The number of hydrogen-bond acceptors (Lipinski definition) is 5. The molecule has 0 saturated carbocycles. The van der Waals surface area contributed by atoms with Crippen LogP contribution in [0.25, 0.3) is 17.2 Å². The van der Waals surface area contributed by atoms with Gasteiger partial charge in [0.1, 0.15) is 18.1 Å². The zero-order valence-corrected chi connectivity index (χ0v) is 27.2. The van der Waals surface area contributed by atoms with Gasteiger partial charge in [-0.25, -0.2) is 4.58 Å².